The van der Waals surface area contributed by atoms with Crippen LogP contribution >= 0.6 is 0 Å². The summed E-state index contributed by atoms with van der Waals surface area (Å²) in [5.74, 6) is -0.464. The summed E-state index contributed by atoms with van der Waals surface area (Å²) in [7, 11) is 1.43. The van der Waals surface area contributed by atoms with E-state index in [0.29, 0.717) is 19.5 Å². The summed E-state index contributed by atoms with van der Waals surface area (Å²) >= 11 is 0. The van der Waals surface area contributed by atoms with Crippen LogP contribution in [0.15, 0.2) is 18.2 Å². The highest BCUT2D eigenvalue weighted by Gasteiger charge is 2.08. The summed E-state index contributed by atoms with van der Waals surface area (Å²) in [5.41, 5.74) is 5.96. The molecule has 0 aliphatic carbocycles. The number of benzene rings is 1. The number of nitrogens with zero attached hydrogens (tertiary/aromatic N) is 1. The zero-order valence-corrected chi connectivity index (χ0v) is 10.8. The maximum Gasteiger partial charge on any atom is 0.218 e. The number of carbonyl (C=O) groups is 1. The molecule has 0 unspecified atom stereocenters. The third-order valence-electron chi connectivity index (χ3n) is 2.74. The average molecular weight is 254 g/mol. The van der Waals surface area contributed by atoms with E-state index in [4.69, 9.17) is 10.5 Å². The summed E-state index contributed by atoms with van der Waals surface area (Å²) < 4.78 is 18.4. The molecule has 1 aromatic carbocycles. The fourth-order valence-corrected chi connectivity index (χ4v) is 1.68. The average Bonchev–Trinajstić information content (AvgIpc) is 2.34. The van der Waals surface area contributed by atoms with Crippen LogP contribution in [-0.2, 0) is 11.3 Å². The number of hydrogen-bond acceptors (Lipinski definition) is 3. The first kappa shape index (κ1) is 14.4. The first-order chi connectivity index (χ1) is 8.56. The zero-order valence-electron chi connectivity index (χ0n) is 10.8. The molecule has 1 amide bonds. The maximum absolute atomic E-state index is 13.5. The van der Waals surface area contributed by atoms with Crippen molar-refractivity contribution in [3.05, 3.63) is 29.6 Å². The first-order valence-corrected chi connectivity index (χ1v) is 5.90. The molecule has 18 heavy (non-hydrogen) atoms. The van der Waals surface area contributed by atoms with Gasteiger partial charge in [-0.15, -0.1) is 0 Å². The van der Waals surface area contributed by atoms with Gasteiger partial charge in [0.1, 0.15) is 0 Å². The van der Waals surface area contributed by atoms with Crippen molar-refractivity contribution in [1.29, 1.82) is 0 Å². The van der Waals surface area contributed by atoms with Gasteiger partial charge in [-0.25, -0.2) is 4.39 Å². The Morgan fingerprint density at radius 3 is 2.72 bits per heavy atom. The highest BCUT2D eigenvalue weighted by atomic mass is 19.1. The predicted molar refractivity (Wildman–Crippen MR) is 67.7 cm³/mol. The molecule has 0 radical (unpaired) electrons. The van der Waals surface area contributed by atoms with Crippen LogP contribution in [0.5, 0.6) is 5.75 Å². The van der Waals surface area contributed by atoms with Gasteiger partial charge in [0.15, 0.2) is 11.6 Å². The van der Waals surface area contributed by atoms with Gasteiger partial charge in [0.25, 0.3) is 0 Å². The van der Waals surface area contributed by atoms with Crippen molar-refractivity contribution in [1.82, 2.24) is 4.90 Å². The molecule has 1 rings (SSSR count). The molecular weight excluding hydrogens is 235 g/mol. The number of methoxy groups -OCH3 is 1. The smallest absolute Gasteiger partial charge is 0.218 e. The number of hydrogen-bond donors (Lipinski definition) is 1. The number of amides is 1. The minimum absolute atomic E-state index is 0.235. The standard InChI is InChI=1S/C13H19FN2O2/c1-3-16(7-6-13(15)17)9-10-4-5-12(18-2)11(14)8-10/h4-5,8H,3,6-7,9H2,1-2H3,(H2,15,17). The number of nitrogens with two attached hydrogens (primary N) is 1. The van der Waals surface area contributed by atoms with Crippen LogP contribution in [0.2, 0.25) is 0 Å². The number of ether oxygens (including phenoxy) is 1. The van der Waals surface area contributed by atoms with Crippen molar-refractivity contribution in [2.75, 3.05) is 20.2 Å². The molecule has 0 saturated carbocycles. The van der Waals surface area contributed by atoms with E-state index in [0.717, 1.165) is 12.1 Å². The van der Waals surface area contributed by atoms with Gasteiger partial charge in [-0.3, -0.25) is 9.69 Å². The maximum atomic E-state index is 13.5. The second kappa shape index (κ2) is 6.96. The molecule has 2 N–H and O–H groups in total. The van der Waals surface area contributed by atoms with Crippen LogP contribution in [0.1, 0.15) is 18.9 Å². The van der Waals surface area contributed by atoms with Crippen LogP contribution < -0.4 is 10.5 Å². The van der Waals surface area contributed by atoms with E-state index in [-0.39, 0.29) is 17.5 Å². The van der Waals surface area contributed by atoms with Gasteiger partial charge in [0.05, 0.1) is 7.11 Å². The van der Waals surface area contributed by atoms with Crippen molar-refractivity contribution in [2.24, 2.45) is 5.73 Å². The van der Waals surface area contributed by atoms with Gasteiger partial charge < -0.3 is 10.5 Å². The molecule has 4 nitrogen and oxygen atoms in total. The lowest BCUT2D eigenvalue weighted by Gasteiger charge is -2.19. The minimum Gasteiger partial charge on any atom is -0.494 e. The zero-order chi connectivity index (χ0) is 13.5. The summed E-state index contributed by atoms with van der Waals surface area (Å²) in [6.45, 7) is 3.94. The number of primary amides is 1. The largest absolute Gasteiger partial charge is 0.494 e. The van der Waals surface area contributed by atoms with E-state index >= 15 is 0 Å². The summed E-state index contributed by atoms with van der Waals surface area (Å²) in [5, 5.41) is 0. The van der Waals surface area contributed by atoms with Gasteiger partial charge in [0.2, 0.25) is 5.91 Å². The molecule has 1 aromatic rings. The lowest BCUT2D eigenvalue weighted by molar-refractivity contribution is -0.118. The second-order valence-corrected chi connectivity index (χ2v) is 4.05. The minimum atomic E-state index is -0.374. The van der Waals surface area contributed by atoms with E-state index in [9.17, 15) is 9.18 Å². The summed E-state index contributed by atoms with van der Waals surface area (Å²) in [4.78, 5) is 12.8. The van der Waals surface area contributed by atoms with E-state index in [1.165, 1.54) is 13.2 Å². The van der Waals surface area contributed by atoms with Crippen LogP contribution in [0, 0.1) is 5.82 Å². The quantitative estimate of drug-likeness (QED) is 0.803. The molecule has 0 fully saturated rings. The Labute approximate surface area is 107 Å². The normalized spacial score (nSPS) is 10.7. The molecule has 0 bridgehead atoms. The van der Waals surface area contributed by atoms with Gasteiger partial charge in [-0.1, -0.05) is 13.0 Å². The lowest BCUT2D eigenvalue weighted by Crippen LogP contribution is -2.27. The molecule has 5 heteroatoms. The molecule has 0 atom stereocenters. The van der Waals surface area contributed by atoms with Gasteiger partial charge in [0, 0.05) is 19.5 Å². The molecule has 100 valence electrons. The van der Waals surface area contributed by atoms with Gasteiger partial charge in [-0.05, 0) is 24.2 Å². The molecule has 0 spiro atoms. The topological polar surface area (TPSA) is 55.6 Å². The van der Waals surface area contributed by atoms with Crippen molar-refractivity contribution >= 4 is 5.91 Å². The summed E-state index contributed by atoms with van der Waals surface area (Å²) in [6.07, 6.45) is 0.312. The fourth-order valence-electron chi connectivity index (χ4n) is 1.68. The van der Waals surface area contributed by atoms with Crippen LogP contribution in [0.25, 0.3) is 0 Å². The highest BCUT2D eigenvalue weighted by Crippen LogP contribution is 2.18. The first-order valence-electron chi connectivity index (χ1n) is 5.90. The third kappa shape index (κ3) is 4.33. The fraction of sp³-hybridized carbons (Fsp3) is 0.462. The van der Waals surface area contributed by atoms with Crippen LogP contribution in [0.4, 0.5) is 4.39 Å². The van der Waals surface area contributed by atoms with Crippen LogP contribution in [-0.4, -0.2) is 31.0 Å². The van der Waals surface area contributed by atoms with E-state index in [1.807, 2.05) is 17.9 Å². The van der Waals surface area contributed by atoms with Crippen molar-refractivity contribution < 1.29 is 13.9 Å². The Kier molecular flexibility index (Phi) is 5.58. The predicted octanol–water partition coefficient (Wildman–Crippen LogP) is 1.53. The van der Waals surface area contributed by atoms with E-state index < -0.39 is 0 Å². The van der Waals surface area contributed by atoms with E-state index in [2.05, 4.69) is 0 Å². The molecule has 0 aromatic heterocycles. The number of halogens is 1. The van der Waals surface area contributed by atoms with Gasteiger partial charge >= 0.3 is 0 Å². The van der Waals surface area contributed by atoms with Crippen molar-refractivity contribution in [3.8, 4) is 5.75 Å². The summed E-state index contributed by atoms with van der Waals surface area (Å²) in [6, 6.07) is 4.87. The Morgan fingerprint density at radius 1 is 1.50 bits per heavy atom. The molecule has 0 saturated heterocycles. The third-order valence-corrected chi connectivity index (χ3v) is 2.74. The molecular formula is C13H19FN2O2. The Bertz CT molecular complexity index is 410. The number of rotatable bonds is 7. The Balaban J connectivity index is 2.64. The molecule has 0 aliphatic heterocycles. The van der Waals surface area contributed by atoms with Crippen LogP contribution in [0.3, 0.4) is 0 Å². The Hall–Kier alpha value is -1.62. The highest BCUT2D eigenvalue weighted by molar-refractivity contribution is 5.73. The van der Waals surface area contributed by atoms with Gasteiger partial charge in [-0.2, -0.15) is 0 Å². The molecule has 0 heterocycles. The monoisotopic (exact) mass is 254 g/mol. The second-order valence-electron chi connectivity index (χ2n) is 4.05. The molecule has 0 aliphatic rings. The lowest BCUT2D eigenvalue weighted by atomic mass is 10.2. The number of carbonyl (C=O) groups excluding carboxylic acids is 1. The Morgan fingerprint density at radius 2 is 2.22 bits per heavy atom. The van der Waals surface area contributed by atoms with E-state index in [1.54, 1.807) is 6.07 Å². The van der Waals surface area contributed by atoms with Crippen molar-refractivity contribution in [2.45, 2.75) is 19.9 Å². The van der Waals surface area contributed by atoms with Crippen molar-refractivity contribution in [3.63, 3.8) is 0 Å². The SMILES string of the molecule is CCN(CCC(N)=O)Cc1ccc(OC)c(F)c1.